The molecule has 2 rings (SSSR count). The Labute approximate surface area is 136 Å². The molecule has 0 fully saturated rings. The molecule has 0 aliphatic rings. The highest BCUT2D eigenvalue weighted by Gasteiger charge is 2.16. The molecule has 0 heterocycles. The van der Waals surface area contributed by atoms with Gasteiger partial charge in [-0.25, -0.2) is 4.39 Å². The Bertz CT molecular complexity index is 619. The second-order valence-corrected chi connectivity index (χ2v) is 6.21. The van der Waals surface area contributed by atoms with E-state index in [0.717, 1.165) is 10.0 Å². The topological polar surface area (TPSA) is 12.0 Å². The van der Waals surface area contributed by atoms with E-state index in [1.807, 2.05) is 6.07 Å². The molecule has 0 aromatic heterocycles. The van der Waals surface area contributed by atoms with Gasteiger partial charge >= 0.3 is 0 Å². The van der Waals surface area contributed by atoms with Crippen LogP contribution in [-0.4, -0.2) is 7.05 Å². The third-order valence-corrected chi connectivity index (χ3v) is 4.21. The normalized spacial score (nSPS) is 12.4. The molecule has 2 aromatic rings. The first-order valence-corrected chi connectivity index (χ1v) is 7.62. The van der Waals surface area contributed by atoms with Crippen LogP contribution in [0.3, 0.4) is 0 Å². The number of hydrogen-bond donors (Lipinski definition) is 1. The van der Waals surface area contributed by atoms with Crippen molar-refractivity contribution in [2.24, 2.45) is 0 Å². The van der Waals surface area contributed by atoms with Gasteiger partial charge in [0, 0.05) is 26.1 Å². The van der Waals surface area contributed by atoms with Crippen LogP contribution in [0.15, 0.2) is 40.9 Å². The number of benzene rings is 2. The molecule has 0 bridgehead atoms. The number of likely N-dealkylation sites (N-methyl/N-ethyl adjacent to an activating group) is 1. The molecule has 0 saturated carbocycles. The van der Waals surface area contributed by atoms with Gasteiger partial charge in [-0.05, 0) is 55.4 Å². The van der Waals surface area contributed by atoms with Gasteiger partial charge in [0.25, 0.3) is 0 Å². The quantitative estimate of drug-likeness (QED) is 0.753. The van der Waals surface area contributed by atoms with Crippen molar-refractivity contribution in [2.45, 2.75) is 12.5 Å². The van der Waals surface area contributed by atoms with E-state index in [1.165, 1.54) is 6.07 Å². The largest absolute Gasteiger partial charge is 0.313 e. The van der Waals surface area contributed by atoms with Crippen LogP contribution in [0.25, 0.3) is 0 Å². The lowest BCUT2D eigenvalue weighted by atomic mass is 9.98. The maximum atomic E-state index is 14.0. The van der Waals surface area contributed by atoms with Crippen LogP contribution in [0.2, 0.25) is 10.0 Å². The number of hydrogen-bond acceptors (Lipinski definition) is 1. The molecule has 1 N–H and O–H groups in total. The van der Waals surface area contributed by atoms with Crippen LogP contribution >= 0.6 is 39.1 Å². The summed E-state index contributed by atoms with van der Waals surface area (Å²) in [6.07, 6.45) is 0.559. The summed E-state index contributed by atoms with van der Waals surface area (Å²) in [5, 5.41) is 4.37. The molecular formula is C15H13BrCl2FN. The molecule has 1 unspecified atom stereocenters. The van der Waals surface area contributed by atoms with Crippen molar-refractivity contribution in [2.75, 3.05) is 7.05 Å². The van der Waals surface area contributed by atoms with Gasteiger partial charge in [0.15, 0.2) is 0 Å². The Kier molecular flexibility index (Phi) is 5.44. The third-order valence-electron chi connectivity index (χ3n) is 3.11. The van der Waals surface area contributed by atoms with Crippen molar-refractivity contribution in [3.63, 3.8) is 0 Å². The monoisotopic (exact) mass is 375 g/mol. The van der Waals surface area contributed by atoms with Crippen LogP contribution in [0.1, 0.15) is 17.2 Å². The van der Waals surface area contributed by atoms with Gasteiger partial charge in [0.2, 0.25) is 0 Å². The van der Waals surface area contributed by atoms with Crippen LogP contribution in [0.5, 0.6) is 0 Å². The summed E-state index contributed by atoms with van der Waals surface area (Å²) in [5.41, 5.74) is 1.48. The van der Waals surface area contributed by atoms with E-state index < -0.39 is 0 Å². The molecule has 1 atom stereocenters. The van der Waals surface area contributed by atoms with E-state index >= 15 is 0 Å². The van der Waals surface area contributed by atoms with E-state index in [4.69, 9.17) is 23.2 Å². The highest BCUT2D eigenvalue weighted by molar-refractivity contribution is 9.10. The summed E-state index contributed by atoms with van der Waals surface area (Å²) < 4.78 is 14.8. The van der Waals surface area contributed by atoms with Gasteiger partial charge in [-0.3, -0.25) is 0 Å². The smallest absolute Gasteiger partial charge is 0.128 e. The molecule has 0 aliphatic heterocycles. The molecule has 106 valence electrons. The van der Waals surface area contributed by atoms with Crippen molar-refractivity contribution in [3.8, 4) is 0 Å². The van der Waals surface area contributed by atoms with Gasteiger partial charge in [0.1, 0.15) is 5.82 Å². The van der Waals surface area contributed by atoms with Crippen molar-refractivity contribution in [1.29, 1.82) is 0 Å². The van der Waals surface area contributed by atoms with Gasteiger partial charge in [0.05, 0.1) is 0 Å². The van der Waals surface area contributed by atoms with E-state index in [-0.39, 0.29) is 11.9 Å². The minimum atomic E-state index is -0.245. The maximum Gasteiger partial charge on any atom is 0.128 e. The molecule has 0 radical (unpaired) electrons. The van der Waals surface area contributed by atoms with Gasteiger partial charge in [-0.15, -0.1) is 0 Å². The minimum absolute atomic E-state index is 0.177. The highest BCUT2D eigenvalue weighted by Crippen LogP contribution is 2.28. The fraction of sp³-hybridized carbons (Fsp3) is 0.200. The molecule has 1 nitrogen and oxygen atoms in total. The molecule has 20 heavy (non-hydrogen) atoms. The van der Waals surface area contributed by atoms with Gasteiger partial charge < -0.3 is 5.32 Å². The lowest BCUT2D eigenvalue weighted by Gasteiger charge is -2.18. The predicted molar refractivity (Wildman–Crippen MR) is 86.1 cm³/mol. The molecule has 5 heteroatoms. The summed E-state index contributed by atoms with van der Waals surface area (Å²) in [6.45, 7) is 0. The maximum absolute atomic E-state index is 14.0. The number of nitrogens with one attached hydrogen (secondary N) is 1. The van der Waals surface area contributed by atoms with E-state index in [1.54, 1.807) is 31.3 Å². The van der Waals surface area contributed by atoms with Crippen LogP contribution in [0, 0.1) is 5.82 Å². The SMILES string of the molecule is CNC(Cc1cc(Cl)ccc1Cl)c1cc(Br)ccc1F. The fourth-order valence-corrected chi connectivity index (χ4v) is 2.84. The lowest BCUT2D eigenvalue weighted by molar-refractivity contribution is 0.533. The third kappa shape index (κ3) is 3.73. The first kappa shape index (κ1) is 15.8. The predicted octanol–water partition coefficient (Wildman–Crippen LogP) is 5.40. The number of halogens is 4. The fourth-order valence-electron chi connectivity index (χ4n) is 2.07. The standard InChI is InChI=1S/C15H13BrCl2FN/c1-20-15(12-8-10(16)2-5-14(12)19)7-9-6-11(17)3-4-13(9)18/h2-6,8,15,20H,7H2,1H3. The lowest BCUT2D eigenvalue weighted by Crippen LogP contribution is -2.20. The van der Waals surface area contributed by atoms with Crippen LogP contribution in [0.4, 0.5) is 4.39 Å². The second kappa shape index (κ2) is 6.90. The highest BCUT2D eigenvalue weighted by atomic mass is 79.9. The average molecular weight is 377 g/mol. The molecule has 0 saturated heterocycles. The Morgan fingerprint density at radius 1 is 1.20 bits per heavy atom. The molecule has 2 aromatic carbocycles. The number of rotatable bonds is 4. The van der Waals surface area contributed by atoms with Crippen molar-refractivity contribution < 1.29 is 4.39 Å². The Morgan fingerprint density at radius 2 is 1.95 bits per heavy atom. The van der Waals surface area contributed by atoms with Gasteiger partial charge in [-0.2, -0.15) is 0 Å². The second-order valence-electron chi connectivity index (χ2n) is 4.45. The summed E-state index contributed by atoms with van der Waals surface area (Å²) in [4.78, 5) is 0. The van der Waals surface area contributed by atoms with Crippen LogP contribution in [-0.2, 0) is 6.42 Å². The Morgan fingerprint density at radius 3 is 2.65 bits per heavy atom. The van der Waals surface area contributed by atoms with E-state index in [2.05, 4.69) is 21.2 Å². The summed E-state index contributed by atoms with van der Waals surface area (Å²) in [7, 11) is 1.80. The zero-order valence-corrected chi connectivity index (χ0v) is 13.9. The summed E-state index contributed by atoms with van der Waals surface area (Å²) in [6, 6.07) is 10.0. The minimum Gasteiger partial charge on any atom is -0.313 e. The molecule has 0 amide bonds. The first-order valence-electron chi connectivity index (χ1n) is 6.07. The summed E-state index contributed by atoms with van der Waals surface area (Å²) in [5.74, 6) is -0.245. The molecule has 0 aliphatic carbocycles. The zero-order chi connectivity index (χ0) is 14.7. The van der Waals surface area contributed by atoms with Crippen molar-refractivity contribution in [3.05, 3.63) is 67.9 Å². The first-order chi connectivity index (χ1) is 9.51. The van der Waals surface area contributed by atoms with Gasteiger partial charge in [-0.1, -0.05) is 39.1 Å². The van der Waals surface area contributed by atoms with Crippen LogP contribution < -0.4 is 5.32 Å². The molecule has 0 spiro atoms. The van der Waals surface area contributed by atoms with E-state index in [0.29, 0.717) is 22.0 Å². The summed E-state index contributed by atoms with van der Waals surface area (Å²) >= 11 is 15.5. The Balaban J connectivity index is 2.33. The zero-order valence-electron chi connectivity index (χ0n) is 10.8. The van der Waals surface area contributed by atoms with Crippen molar-refractivity contribution in [1.82, 2.24) is 5.32 Å². The molecular weight excluding hydrogens is 364 g/mol. The average Bonchev–Trinajstić information content (AvgIpc) is 2.42. The van der Waals surface area contributed by atoms with Crippen molar-refractivity contribution >= 4 is 39.1 Å². The van der Waals surface area contributed by atoms with E-state index in [9.17, 15) is 4.39 Å². The Hall–Kier alpha value is -0.610.